The Hall–Kier alpha value is -2.50. The van der Waals surface area contributed by atoms with E-state index < -0.39 is 6.04 Å². The summed E-state index contributed by atoms with van der Waals surface area (Å²) in [6, 6.07) is 6.43. The van der Waals surface area contributed by atoms with Crippen molar-refractivity contribution < 1.29 is 14.3 Å². The topological polar surface area (TPSA) is 84.7 Å². The molecule has 0 saturated carbocycles. The van der Waals surface area contributed by atoms with Crippen molar-refractivity contribution in [3.8, 4) is 0 Å². The molecule has 142 valence electrons. The van der Waals surface area contributed by atoms with E-state index in [1.165, 1.54) is 0 Å². The van der Waals surface area contributed by atoms with E-state index in [9.17, 15) is 9.59 Å². The summed E-state index contributed by atoms with van der Waals surface area (Å²) in [4.78, 5) is 27.0. The third-order valence-electron chi connectivity index (χ3n) is 4.37. The molecule has 6 heteroatoms. The molecule has 0 aromatic heterocycles. The number of nitrogens with one attached hydrogen (secondary N) is 1. The molecule has 0 bridgehead atoms. The molecule has 1 heterocycles. The molecular weight excluding hydrogens is 330 g/mol. The van der Waals surface area contributed by atoms with Crippen LogP contribution in [0.15, 0.2) is 35.5 Å². The lowest BCUT2D eigenvalue weighted by Crippen LogP contribution is -2.48. The predicted molar refractivity (Wildman–Crippen MR) is 102 cm³/mol. The summed E-state index contributed by atoms with van der Waals surface area (Å²) in [5.74, 6) is -0.149. The number of esters is 1. The van der Waals surface area contributed by atoms with Crippen molar-refractivity contribution in [2.75, 3.05) is 18.9 Å². The van der Waals surface area contributed by atoms with E-state index in [-0.39, 0.29) is 17.9 Å². The van der Waals surface area contributed by atoms with Crippen LogP contribution in [0, 0.1) is 5.92 Å². The first-order valence-electron chi connectivity index (χ1n) is 9.16. The van der Waals surface area contributed by atoms with Crippen molar-refractivity contribution >= 4 is 17.7 Å². The van der Waals surface area contributed by atoms with Gasteiger partial charge < -0.3 is 15.8 Å². The number of benzene rings is 1. The lowest BCUT2D eigenvalue weighted by molar-refractivity contribution is -0.140. The normalized spacial score (nSPS) is 17.5. The monoisotopic (exact) mass is 359 g/mol. The van der Waals surface area contributed by atoms with E-state index in [0.29, 0.717) is 30.1 Å². The highest BCUT2D eigenvalue weighted by atomic mass is 16.5. The van der Waals surface area contributed by atoms with Gasteiger partial charge in [-0.15, -0.1) is 0 Å². The number of allylic oxidation sites excluding steroid dienone is 1. The fourth-order valence-electron chi connectivity index (χ4n) is 2.89. The number of nitrogen functional groups attached to an aromatic ring is 1. The Morgan fingerprint density at radius 1 is 1.31 bits per heavy atom. The molecule has 1 unspecified atom stereocenters. The summed E-state index contributed by atoms with van der Waals surface area (Å²) >= 11 is 0. The van der Waals surface area contributed by atoms with Crippen LogP contribution < -0.4 is 11.1 Å². The van der Waals surface area contributed by atoms with Gasteiger partial charge in [0.15, 0.2) is 0 Å². The fraction of sp³-hybridized carbons (Fsp3) is 0.500. The standard InChI is InChI=1S/C20H29N3O3/c1-5-6-11-23-14(4)17(19(24)26-12-13(2)3)18(22-20(23)25)15-7-9-16(21)10-8-15/h7-10,13,18H,5-6,11-12,21H2,1-4H3,(H,22,25). The third kappa shape index (κ3) is 4.56. The second-order valence-corrected chi connectivity index (χ2v) is 7.05. The number of hydrogen-bond donors (Lipinski definition) is 2. The molecule has 3 N–H and O–H groups in total. The number of nitrogens with two attached hydrogens (primary N) is 1. The Bertz CT molecular complexity index is 680. The molecule has 1 aliphatic rings. The average Bonchev–Trinajstić information content (AvgIpc) is 2.59. The van der Waals surface area contributed by atoms with Gasteiger partial charge in [0, 0.05) is 17.9 Å². The van der Waals surface area contributed by atoms with Crippen LogP contribution in [-0.2, 0) is 9.53 Å². The number of hydrogen-bond acceptors (Lipinski definition) is 4. The number of anilines is 1. The van der Waals surface area contributed by atoms with Gasteiger partial charge in [-0.1, -0.05) is 39.3 Å². The number of carbonyl (C=O) groups is 2. The summed E-state index contributed by atoms with van der Waals surface area (Å²) in [6.07, 6.45) is 1.83. The van der Waals surface area contributed by atoms with Gasteiger partial charge in [-0.2, -0.15) is 0 Å². The molecule has 6 nitrogen and oxygen atoms in total. The second kappa shape index (κ2) is 8.74. The highest BCUT2D eigenvalue weighted by molar-refractivity contribution is 5.95. The van der Waals surface area contributed by atoms with Gasteiger partial charge in [0.2, 0.25) is 0 Å². The maximum absolute atomic E-state index is 12.8. The first-order valence-corrected chi connectivity index (χ1v) is 9.16. The van der Waals surface area contributed by atoms with Crippen LogP contribution in [0.3, 0.4) is 0 Å². The highest BCUT2D eigenvalue weighted by Crippen LogP contribution is 2.32. The summed E-state index contributed by atoms with van der Waals surface area (Å²) < 4.78 is 5.48. The van der Waals surface area contributed by atoms with Crippen LogP contribution in [0.1, 0.15) is 52.1 Å². The van der Waals surface area contributed by atoms with Crippen LogP contribution in [0.2, 0.25) is 0 Å². The number of rotatable bonds is 7. The van der Waals surface area contributed by atoms with Gasteiger partial charge in [-0.05, 0) is 37.0 Å². The van der Waals surface area contributed by atoms with Crippen molar-refractivity contribution in [3.63, 3.8) is 0 Å². The van der Waals surface area contributed by atoms with Crippen molar-refractivity contribution in [1.29, 1.82) is 0 Å². The summed E-state index contributed by atoms with van der Waals surface area (Å²) in [5, 5.41) is 2.95. The van der Waals surface area contributed by atoms with Crippen molar-refractivity contribution in [2.45, 2.75) is 46.6 Å². The molecule has 2 amide bonds. The zero-order chi connectivity index (χ0) is 19.3. The SMILES string of the molecule is CCCCN1C(=O)NC(c2ccc(N)cc2)C(C(=O)OCC(C)C)=C1C. The molecule has 0 saturated heterocycles. The van der Waals surface area contributed by atoms with Gasteiger partial charge in [-0.25, -0.2) is 9.59 Å². The molecule has 2 rings (SSSR count). The minimum absolute atomic E-state index is 0.196. The molecule has 1 aromatic carbocycles. The van der Waals surface area contributed by atoms with Crippen molar-refractivity contribution in [3.05, 3.63) is 41.1 Å². The Morgan fingerprint density at radius 3 is 2.54 bits per heavy atom. The van der Waals surface area contributed by atoms with E-state index in [4.69, 9.17) is 10.5 Å². The molecule has 26 heavy (non-hydrogen) atoms. The lowest BCUT2D eigenvalue weighted by atomic mass is 9.94. The summed E-state index contributed by atoms with van der Waals surface area (Å²) in [5.41, 5.74) is 8.33. The maximum Gasteiger partial charge on any atom is 0.338 e. The minimum atomic E-state index is -0.541. The van der Waals surface area contributed by atoms with Crippen LogP contribution >= 0.6 is 0 Å². The zero-order valence-electron chi connectivity index (χ0n) is 16.0. The summed E-state index contributed by atoms with van der Waals surface area (Å²) in [6.45, 7) is 8.77. The van der Waals surface area contributed by atoms with Crippen LogP contribution in [0.4, 0.5) is 10.5 Å². The Kier molecular flexibility index (Phi) is 6.66. The third-order valence-corrected chi connectivity index (χ3v) is 4.37. The number of carbonyl (C=O) groups excluding carboxylic acids is 2. The number of nitrogens with zero attached hydrogens (tertiary/aromatic N) is 1. The van der Waals surface area contributed by atoms with Gasteiger partial charge in [0.25, 0.3) is 0 Å². The molecule has 0 spiro atoms. The van der Waals surface area contributed by atoms with E-state index in [0.717, 1.165) is 18.4 Å². The molecule has 0 aliphatic carbocycles. The Labute approximate surface area is 155 Å². The smallest absolute Gasteiger partial charge is 0.338 e. The molecule has 1 aromatic rings. The molecule has 1 aliphatic heterocycles. The first kappa shape index (κ1) is 19.8. The average molecular weight is 359 g/mol. The van der Waals surface area contributed by atoms with E-state index in [2.05, 4.69) is 12.2 Å². The number of amides is 2. The minimum Gasteiger partial charge on any atom is -0.462 e. The first-order chi connectivity index (χ1) is 12.3. The van der Waals surface area contributed by atoms with Gasteiger partial charge in [-0.3, -0.25) is 4.90 Å². The number of unbranched alkanes of at least 4 members (excludes halogenated alkanes) is 1. The Morgan fingerprint density at radius 2 is 1.96 bits per heavy atom. The van der Waals surface area contributed by atoms with Crippen LogP contribution in [-0.4, -0.2) is 30.1 Å². The molecule has 1 atom stereocenters. The van der Waals surface area contributed by atoms with Crippen molar-refractivity contribution in [2.24, 2.45) is 5.92 Å². The van der Waals surface area contributed by atoms with Gasteiger partial charge in [0.05, 0.1) is 18.2 Å². The largest absolute Gasteiger partial charge is 0.462 e. The molecule has 0 fully saturated rings. The van der Waals surface area contributed by atoms with Crippen LogP contribution in [0.5, 0.6) is 0 Å². The predicted octanol–water partition coefficient (Wildman–Crippen LogP) is 3.61. The van der Waals surface area contributed by atoms with Crippen LogP contribution in [0.25, 0.3) is 0 Å². The van der Waals surface area contributed by atoms with Gasteiger partial charge >= 0.3 is 12.0 Å². The lowest BCUT2D eigenvalue weighted by Gasteiger charge is -2.35. The van der Waals surface area contributed by atoms with Gasteiger partial charge in [0.1, 0.15) is 0 Å². The molecule has 0 radical (unpaired) electrons. The number of ether oxygens (including phenoxy) is 1. The molecular formula is C20H29N3O3. The van der Waals surface area contributed by atoms with Crippen molar-refractivity contribution in [1.82, 2.24) is 10.2 Å². The number of urea groups is 1. The van der Waals surface area contributed by atoms with E-state index in [1.54, 1.807) is 17.0 Å². The Balaban J connectivity index is 2.41. The maximum atomic E-state index is 12.8. The second-order valence-electron chi connectivity index (χ2n) is 7.05. The van der Waals surface area contributed by atoms with E-state index in [1.807, 2.05) is 32.9 Å². The quantitative estimate of drug-likeness (QED) is 0.575. The zero-order valence-corrected chi connectivity index (χ0v) is 16.0. The summed E-state index contributed by atoms with van der Waals surface area (Å²) in [7, 11) is 0. The highest BCUT2D eigenvalue weighted by Gasteiger charge is 2.36. The van der Waals surface area contributed by atoms with E-state index >= 15 is 0 Å². The fourth-order valence-corrected chi connectivity index (χ4v) is 2.89.